The summed E-state index contributed by atoms with van der Waals surface area (Å²) in [5.41, 5.74) is 1.30. The monoisotopic (exact) mass is 321 g/mol. The lowest BCUT2D eigenvalue weighted by Gasteiger charge is -2.37. The van der Waals surface area contributed by atoms with Gasteiger partial charge in [-0.1, -0.05) is 23.7 Å². The summed E-state index contributed by atoms with van der Waals surface area (Å²) in [6, 6.07) is 8.62. The number of urea groups is 1. The predicted molar refractivity (Wildman–Crippen MR) is 89.3 cm³/mol. The molecule has 3 rings (SSSR count). The Kier molecular flexibility index (Phi) is 5.21. The summed E-state index contributed by atoms with van der Waals surface area (Å²) in [6.07, 6.45) is 4.40. The quantitative estimate of drug-likeness (QED) is 0.875. The van der Waals surface area contributed by atoms with Gasteiger partial charge in [0.1, 0.15) is 0 Å². The molecule has 0 bridgehead atoms. The molecule has 0 radical (unpaired) electrons. The van der Waals surface area contributed by atoms with Gasteiger partial charge in [-0.3, -0.25) is 0 Å². The highest BCUT2D eigenvalue weighted by Gasteiger charge is 2.34. The number of hydrogen-bond donors (Lipinski definition) is 2. The van der Waals surface area contributed by atoms with Gasteiger partial charge in [0.15, 0.2) is 0 Å². The molecule has 22 heavy (non-hydrogen) atoms. The molecular formula is C17H24ClN3O. The molecule has 0 saturated carbocycles. The highest BCUT2D eigenvalue weighted by molar-refractivity contribution is 6.30. The van der Waals surface area contributed by atoms with Crippen LogP contribution in [0.1, 0.15) is 24.8 Å². The Morgan fingerprint density at radius 1 is 1.32 bits per heavy atom. The predicted octanol–water partition coefficient (Wildman–Crippen LogP) is 2.67. The summed E-state index contributed by atoms with van der Waals surface area (Å²) in [6.45, 7) is 3.68. The fourth-order valence-electron chi connectivity index (χ4n) is 3.68. The molecule has 4 nitrogen and oxygen atoms in total. The molecule has 0 aliphatic carbocycles. The van der Waals surface area contributed by atoms with E-state index in [1.807, 2.05) is 23.1 Å². The van der Waals surface area contributed by atoms with Crippen molar-refractivity contribution in [3.8, 4) is 0 Å². The van der Waals surface area contributed by atoms with Crippen LogP contribution in [0, 0.1) is 5.92 Å². The number of aryl methyl sites for hydroxylation is 1. The van der Waals surface area contributed by atoms with Crippen molar-refractivity contribution >= 4 is 17.6 Å². The van der Waals surface area contributed by atoms with Gasteiger partial charge in [-0.05, 0) is 62.4 Å². The van der Waals surface area contributed by atoms with E-state index >= 15 is 0 Å². The molecule has 2 amide bonds. The van der Waals surface area contributed by atoms with Gasteiger partial charge in [0.05, 0.1) is 0 Å². The number of rotatable bonds is 5. The molecule has 2 aliphatic heterocycles. The maximum atomic E-state index is 11.9. The standard InChI is InChI=1S/C17H24ClN3O/c18-15-6-2-4-13(11-15)3-1-5-14-12-19-8-7-16(14)21-10-9-20-17(21)22/h2,4,6,11,14,16,19H,1,3,5,7-10,12H2,(H,20,22). The number of nitrogens with zero attached hydrogens (tertiary/aromatic N) is 1. The maximum absolute atomic E-state index is 11.9. The Hall–Kier alpha value is -1.26. The van der Waals surface area contributed by atoms with Crippen molar-refractivity contribution in [3.63, 3.8) is 0 Å². The zero-order valence-electron chi connectivity index (χ0n) is 12.9. The van der Waals surface area contributed by atoms with E-state index in [-0.39, 0.29) is 6.03 Å². The lowest BCUT2D eigenvalue weighted by molar-refractivity contribution is 0.142. The average Bonchev–Trinajstić information content (AvgIpc) is 2.94. The zero-order chi connectivity index (χ0) is 15.4. The first-order valence-corrected chi connectivity index (χ1v) is 8.61. The average molecular weight is 322 g/mol. The molecule has 2 fully saturated rings. The SMILES string of the molecule is O=C1NCCN1C1CCNCC1CCCc1cccc(Cl)c1. The number of benzene rings is 1. The molecular weight excluding hydrogens is 298 g/mol. The van der Waals surface area contributed by atoms with Crippen LogP contribution in [-0.2, 0) is 6.42 Å². The number of piperidine rings is 1. The Balaban J connectivity index is 1.54. The summed E-state index contributed by atoms with van der Waals surface area (Å²) < 4.78 is 0. The first-order valence-electron chi connectivity index (χ1n) is 8.23. The minimum Gasteiger partial charge on any atom is -0.336 e. The third-order valence-electron chi connectivity index (χ3n) is 4.79. The van der Waals surface area contributed by atoms with Crippen molar-refractivity contribution in [2.75, 3.05) is 26.2 Å². The van der Waals surface area contributed by atoms with Crippen LogP contribution in [0.2, 0.25) is 5.02 Å². The normalized spacial score (nSPS) is 25.3. The van der Waals surface area contributed by atoms with Crippen LogP contribution < -0.4 is 10.6 Å². The highest BCUT2D eigenvalue weighted by atomic mass is 35.5. The number of halogens is 1. The van der Waals surface area contributed by atoms with Crippen LogP contribution in [0.5, 0.6) is 0 Å². The lowest BCUT2D eigenvalue weighted by atomic mass is 9.87. The van der Waals surface area contributed by atoms with Gasteiger partial charge in [0.25, 0.3) is 0 Å². The number of carbonyl (C=O) groups excluding carboxylic acids is 1. The molecule has 2 atom stereocenters. The number of nitrogens with one attached hydrogen (secondary N) is 2. The van der Waals surface area contributed by atoms with Gasteiger partial charge in [-0.15, -0.1) is 0 Å². The molecule has 2 saturated heterocycles. The van der Waals surface area contributed by atoms with E-state index in [2.05, 4.69) is 16.7 Å². The summed E-state index contributed by atoms with van der Waals surface area (Å²) in [5, 5.41) is 7.22. The van der Waals surface area contributed by atoms with Crippen molar-refractivity contribution < 1.29 is 4.79 Å². The van der Waals surface area contributed by atoms with Crippen molar-refractivity contribution in [2.24, 2.45) is 5.92 Å². The highest BCUT2D eigenvalue weighted by Crippen LogP contribution is 2.25. The third-order valence-corrected chi connectivity index (χ3v) is 5.02. The molecule has 2 N–H and O–H groups in total. The summed E-state index contributed by atoms with van der Waals surface area (Å²) in [7, 11) is 0. The largest absolute Gasteiger partial charge is 0.336 e. The second kappa shape index (κ2) is 7.34. The molecule has 0 aromatic heterocycles. The van der Waals surface area contributed by atoms with Gasteiger partial charge in [-0.2, -0.15) is 0 Å². The van der Waals surface area contributed by atoms with Gasteiger partial charge >= 0.3 is 6.03 Å². The Morgan fingerprint density at radius 2 is 2.23 bits per heavy atom. The van der Waals surface area contributed by atoms with Crippen LogP contribution in [0.3, 0.4) is 0 Å². The Bertz CT molecular complexity index is 522. The molecule has 5 heteroatoms. The molecule has 0 spiro atoms. The van der Waals surface area contributed by atoms with Gasteiger partial charge in [-0.25, -0.2) is 4.79 Å². The molecule has 1 aromatic rings. The van der Waals surface area contributed by atoms with E-state index in [9.17, 15) is 4.79 Å². The van der Waals surface area contributed by atoms with Gasteiger partial charge < -0.3 is 15.5 Å². The number of amides is 2. The Labute approximate surface area is 137 Å². The summed E-state index contributed by atoms with van der Waals surface area (Å²) in [4.78, 5) is 14.0. The molecule has 2 aliphatic rings. The molecule has 2 unspecified atom stereocenters. The third kappa shape index (κ3) is 3.73. The number of carbonyl (C=O) groups is 1. The fraction of sp³-hybridized carbons (Fsp3) is 0.588. The van der Waals surface area contributed by atoms with E-state index in [0.717, 1.165) is 56.9 Å². The van der Waals surface area contributed by atoms with E-state index in [1.165, 1.54) is 5.56 Å². The van der Waals surface area contributed by atoms with Crippen LogP contribution in [0.4, 0.5) is 4.79 Å². The van der Waals surface area contributed by atoms with Crippen molar-refractivity contribution in [3.05, 3.63) is 34.9 Å². The van der Waals surface area contributed by atoms with Crippen LogP contribution in [0.15, 0.2) is 24.3 Å². The Morgan fingerprint density at radius 3 is 3.00 bits per heavy atom. The van der Waals surface area contributed by atoms with Crippen molar-refractivity contribution in [1.29, 1.82) is 0 Å². The smallest absolute Gasteiger partial charge is 0.317 e. The fourth-order valence-corrected chi connectivity index (χ4v) is 3.89. The first kappa shape index (κ1) is 15.6. The van der Waals surface area contributed by atoms with Gasteiger partial charge in [0, 0.05) is 24.2 Å². The second-order valence-electron chi connectivity index (χ2n) is 6.27. The van der Waals surface area contributed by atoms with E-state index in [0.29, 0.717) is 12.0 Å². The topological polar surface area (TPSA) is 44.4 Å². The van der Waals surface area contributed by atoms with E-state index in [4.69, 9.17) is 11.6 Å². The molecule has 1 aromatic carbocycles. The van der Waals surface area contributed by atoms with Crippen LogP contribution in [-0.4, -0.2) is 43.2 Å². The lowest BCUT2D eigenvalue weighted by Crippen LogP contribution is -2.50. The summed E-state index contributed by atoms with van der Waals surface area (Å²) in [5.74, 6) is 0.553. The molecule has 2 heterocycles. The summed E-state index contributed by atoms with van der Waals surface area (Å²) >= 11 is 6.04. The van der Waals surface area contributed by atoms with E-state index < -0.39 is 0 Å². The minimum atomic E-state index is 0.117. The second-order valence-corrected chi connectivity index (χ2v) is 6.70. The van der Waals surface area contributed by atoms with Gasteiger partial charge in [0.2, 0.25) is 0 Å². The maximum Gasteiger partial charge on any atom is 0.317 e. The minimum absolute atomic E-state index is 0.117. The van der Waals surface area contributed by atoms with Crippen LogP contribution in [0.25, 0.3) is 0 Å². The molecule has 120 valence electrons. The van der Waals surface area contributed by atoms with Crippen molar-refractivity contribution in [1.82, 2.24) is 15.5 Å². The first-order chi connectivity index (χ1) is 10.7. The van der Waals surface area contributed by atoms with E-state index in [1.54, 1.807) is 0 Å². The number of hydrogen-bond acceptors (Lipinski definition) is 2. The van der Waals surface area contributed by atoms with Crippen molar-refractivity contribution in [2.45, 2.75) is 31.7 Å². The van der Waals surface area contributed by atoms with Crippen LogP contribution >= 0.6 is 11.6 Å². The zero-order valence-corrected chi connectivity index (χ0v) is 13.6.